The van der Waals surface area contributed by atoms with Crippen molar-refractivity contribution in [3.63, 3.8) is 0 Å². The van der Waals surface area contributed by atoms with Gasteiger partial charge in [0.25, 0.3) is 0 Å². The van der Waals surface area contributed by atoms with E-state index < -0.39 is 30.2 Å². The van der Waals surface area contributed by atoms with Gasteiger partial charge in [-0.2, -0.15) is 0 Å². The van der Waals surface area contributed by atoms with Crippen molar-refractivity contribution in [3.8, 4) is 11.1 Å². The first-order valence-corrected chi connectivity index (χ1v) is 11.4. The topological polar surface area (TPSA) is 115 Å². The summed E-state index contributed by atoms with van der Waals surface area (Å²) in [5.41, 5.74) is 2.61. The van der Waals surface area contributed by atoms with Gasteiger partial charge in [0.2, 0.25) is 0 Å². The SMILES string of the molecule is CC(C)C(O)C1CC(c2ccc(-c3ccc(N4C[C@H](Cn5ccnn5)OC4=O)cc3F)cn2)=NO1. The van der Waals surface area contributed by atoms with Crippen molar-refractivity contribution in [1.29, 1.82) is 0 Å². The quantitative estimate of drug-likeness (QED) is 0.553. The molecule has 2 aliphatic heterocycles. The molecule has 10 nitrogen and oxygen atoms in total. The number of carbonyl (C=O) groups is 1. The number of oxime groups is 1. The molecule has 0 bridgehead atoms. The van der Waals surface area contributed by atoms with Gasteiger partial charge in [0.05, 0.1) is 36.8 Å². The molecule has 1 amide bonds. The number of aromatic nitrogens is 4. The average molecular weight is 481 g/mol. The molecule has 2 aromatic heterocycles. The maximum absolute atomic E-state index is 15.0. The highest BCUT2D eigenvalue weighted by atomic mass is 19.1. The van der Waals surface area contributed by atoms with Gasteiger partial charge in [-0.3, -0.25) is 9.88 Å². The number of cyclic esters (lactones) is 1. The van der Waals surface area contributed by atoms with Gasteiger partial charge in [0.1, 0.15) is 17.6 Å². The summed E-state index contributed by atoms with van der Waals surface area (Å²) in [6, 6.07) is 8.12. The monoisotopic (exact) mass is 480 g/mol. The number of aliphatic hydroxyl groups excluding tert-OH is 1. The summed E-state index contributed by atoms with van der Waals surface area (Å²) in [4.78, 5) is 23.5. The molecule has 0 aliphatic carbocycles. The zero-order valence-corrected chi connectivity index (χ0v) is 19.3. The van der Waals surface area contributed by atoms with Gasteiger partial charge in [-0.1, -0.05) is 30.3 Å². The highest BCUT2D eigenvalue weighted by Crippen LogP contribution is 2.30. The van der Waals surface area contributed by atoms with Crippen molar-refractivity contribution in [3.05, 3.63) is 60.4 Å². The van der Waals surface area contributed by atoms with E-state index in [0.29, 0.717) is 41.2 Å². The first-order chi connectivity index (χ1) is 16.9. The molecule has 11 heteroatoms. The van der Waals surface area contributed by atoms with E-state index in [1.807, 2.05) is 13.8 Å². The van der Waals surface area contributed by atoms with Crippen LogP contribution < -0.4 is 4.90 Å². The average Bonchev–Trinajstić information content (AvgIpc) is 3.60. The van der Waals surface area contributed by atoms with Crippen LogP contribution in [0.25, 0.3) is 11.1 Å². The normalized spacial score (nSPS) is 20.7. The smallest absolute Gasteiger partial charge is 0.414 e. The number of benzene rings is 1. The number of hydrogen-bond acceptors (Lipinski definition) is 8. The highest BCUT2D eigenvalue weighted by Gasteiger charge is 2.33. The Morgan fingerprint density at radius 1 is 1.26 bits per heavy atom. The summed E-state index contributed by atoms with van der Waals surface area (Å²) in [7, 11) is 0. The van der Waals surface area contributed by atoms with Crippen LogP contribution in [-0.4, -0.2) is 61.7 Å². The van der Waals surface area contributed by atoms with E-state index in [2.05, 4.69) is 20.5 Å². The lowest BCUT2D eigenvalue weighted by Crippen LogP contribution is -2.31. The summed E-state index contributed by atoms with van der Waals surface area (Å²) in [5, 5.41) is 21.9. The van der Waals surface area contributed by atoms with Crippen molar-refractivity contribution in [2.75, 3.05) is 11.4 Å². The first kappa shape index (κ1) is 22.9. The van der Waals surface area contributed by atoms with Crippen LogP contribution >= 0.6 is 0 Å². The van der Waals surface area contributed by atoms with Gasteiger partial charge in [-0.15, -0.1) is 5.10 Å². The molecule has 5 rings (SSSR count). The van der Waals surface area contributed by atoms with Gasteiger partial charge in [0.15, 0.2) is 6.10 Å². The third-order valence-corrected chi connectivity index (χ3v) is 6.13. The fourth-order valence-electron chi connectivity index (χ4n) is 4.16. The van der Waals surface area contributed by atoms with E-state index in [9.17, 15) is 9.90 Å². The predicted molar refractivity (Wildman–Crippen MR) is 124 cm³/mol. The molecule has 1 saturated heterocycles. The number of hydrogen-bond donors (Lipinski definition) is 1. The minimum Gasteiger partial charge on any atom is -0.442 e. The van der Waals surface area contributed by atoms with Crippen molar-refractivity contribution >= 4 is 17.5 Å². The molecule has 1 fully saturated rings. The Labute approximate surface area is 201 Å². The largest absolute Gasteiger partial charge is 0.442 e. The Kier molecular flexibility index (Phi) is 6.16. The molecule has 0 spiro atoms. The number of amides is 1. The lowest BCUT2D eigenvalue weighted by molar-refractivity contribution is -0.0378. The van der Waals surface area contributed by atoms with Crippen LogP contribution in [0.15, 0.2) is 54.1 Å². The fourth-order valence-corrected chi connectivity index (χ4v) is 4.16. The minimum absolute atomic E-state index is 0.0535. The molecular formula is C24H25FN6O4. The van der Waals surface area contributed by atoms with E-state index >= 15 is 4.39 Å². The second-order valence-electron chi connectivity index (χ2n) is 8.96. The van der Waals surface area contributed by atoms with Crippen molar-refractivity contribution in [2.45, 2.75) is 45.1 Å². The van der Waals surface area contributed by atoms with Gasteiger partial charge < -0.3 is 14.7 Å². The number of rotatable bonds is 7. The van der Waals surface area contributed by atoms with Crippen LogP contribution in [0, 0.1) is 11.7 Å². The second-order valence-corrected chi connectivity index (χ2v) is 8.96. The number of anilines is 1. The lowest BCUT2D eigenvalue weighted by Gasteiger charge is -2.19. The molecule has 3 atom stereocenters. The molecule has 0 radical (unpaired) electrons. The zero-order valence-electron chi connectivity index (χ0n) is 19.3. The summed E-state index contributed by atoms with van der Waals surface area (Å²) in [6.07, 6.45) is 3.30. The molecule has 4 heterocycles. The highest BCUT2D eigenvalue weighted by molar-refractivity contribution is 5.99. The third-order valence-electron chi connectivity index (χ3n) is 6.13. The molecule has 1 N–H and O–H groups in total. The minimum atomic E-state index is -0.617. The van der Waals surface area contributed by atoms with Crippen LogP contribution in [0.1, 0.15) is 26.0 Å². The Bertz CT molecular complexity index is 1230. The standard InChI is InChI=1S/C24H25FN6O4/c1-14(2)23(32)22-10-21(28-35-22)20-6-3-15(11-26-20)18-5-4-16(9-19(18)25)31-13-17(34-24(31)33)12-30-8-7-27-29-30/h3-9,11,14,17,22-23,32H,10,12-13H2,1-2H3/t17-,22?,23?/m0/s1. The summed E-state index contributed by atoms with van der Waals surface area (Å²) < 4.78 is 22.0. The van der Waals surface area contributed by atoms with E-state index in [1.165, 1.54) is 11.0 Å². The molecule has 182 valence electrons. The summed E-state index contributed by atoms with van der Waals surface area (Å²) >= 11 is 0. The zero-order chi connectivity index (χ0) is 24.5. The third kappa shape index (κ3) is 4.72. The molecule has 3 aromatic rings. The lowest BCUT2D eigenvalue weighted by atomic mass is 9.97. The number of carbonyl (C=O) groups excluding carboxylic acids is 1. The van der Waals surface area contributed by atoms with Crippen LogP contribution in [-0.2, 0) is 16.1 Å². The maximum Gasteiger partial charge on any atom is 0.414 e. The predicted octanol–water partition coefficient (Wildman–Crippen LogP) is 3.01. The van der Waals surface area contributed by atoms with Crippen molar-refractivity contribution in [2.24, 2.45) is 11.1 Å². The molecule has 1 aromatic carbocycles. The molecule has 2 unspecified atom stereocenters. The number of ether oxygens (including phenoxy) is 1. The van der Waals surface area contributed by atoms with Gasteiger partial charge in [-0.25, -0.2) is 13.9 Å². The Morgan fingerprint density at radius 2 is 2.11 bits per heavy atom. The van der Waals surface area contributed by atoms with Gasteiger partial charge in [0, 0.05) is 29.9 Å². The number of aliphatic hydroxyl groups is 1. The van der Waals surface area contributed by atoms with Crippen LogP contribution in [0.4, 0.5) is 14.9 Å². The number of halogens is 1. The van der Waals surface area contributed by atoms with E-state index in [-0.39, 0.29) is 12.5 Å². The van der Waals surface area contributed by atoms with Crippen molar-refractivity contribution in [1.82, 2.24) is 20.0 Å². The van der Waals surface area contributed by atoms with E-state index in [4.69, 9.17) is 9.57 Å². The van der Waals surface area contributed by atoms with Crippen LogP contribution in [0.3, 0.4) is 0 Å². The Hall–Kier alpha value is -3.86. The first-order valence-electron chi connectivity index (χ1n) is 11.4. The summed E-state index contributed by atoms with van der Waals surface area (Å²) in [6.45, 7) is 4.49. The molecule has 2 aliphatic rings. The van der Waals surface area contributed by atoms with Crippen LogP contribution in [0.5, 0.6) is 0 Å². The van der Waals surface area contributed by atoms with Crippen molar-refractivity contribution < 1.29 is 23.9 Å². The van der Waals surface area contributed by atoms with Crippen LogP contribution in [0.2, 0.25) is 0 Å². The number of pyridine rings is 1. The number of nitrogens with zero attached hydrogens (tertiary/aromatic N) is 6. The van der Waals surface area contributed by atoms with Gasteiger partial charge in [-0.05, 0) is 30.2 Å². The molecule has 0 saturated carbocycles. The van der Waals surface area contributed by atoms with Gasteiger partial charge >= 0.3 is 6.09 Å². The maximum atomic E-state index is 15.0. The fraction of sp³-hybridized carbons (Fsp3) is 0.375. The Morgan fingerprint density at radius 3 is 2.80 bits per heavy atom. The van der Waals surface area contributed by atoms with E-state index in [1.54, 1.807) is 47.5 Å². The van der Waals surface area contributed by atoms with E-state index in [0.717, 1.165) is 0 Å². The summed E-state index contributed by atoms with van der Waals surface area (Å²) in [5.74, 6) is -0.427. The molecular weight excluding hydrogens is 455 g/mol. The Balaban J connectivity index is 1.26. The molecule has 35 heavy (non-hydrogen) atoms. The second kappa shape index (κ2) is 9.41.